The highest BCUT2D eigenvalue weighted by atomic mass is 15.2. The predicted molar refractivity (Wildman–Crippen MR) is 76.4 cm³/mol. The van der Waals surface area contributed by atoms with E-state index in [-0.39, 0.29) is 0 Å². The third-order valence-electron chi connectivity index (χ3n) is 3.23. The van der Waals surface area contributed by atoms with Crippen molar-refractivity contribution in [2.24, 2.45) is 0 Å². The van der Waals surface area contributed by atoms with Gasteiger partial charge in [0, 0.05) is 11.3 Å². The SMILES string of the molecule is c1cc(-c2nc3ccccc3[nH]2)cc(-n2cnnc2)c1. The number of aromatic nitrogens is 5. The van der Waals surface area contributed by atoms with Crippen LogP contribution in [0.1, 0.15) is 0 Å². The van der Waals surface area contributed by atoms with E-state index in [0.717, 1.165) is 28.1 Å². The van der Waals surface area contributed by atoms with Crippen molar-refractivity contribution in [2.75, 3.05) is 0 Å². The van der Waals surface area contributed by atoms with Crippen LogP contribution in [0.2, 0.25) is 0 Å². The van der Waals surface area contributed by atoms with E-state index in [1.54, 1.807) is 12.7 Å². The van der Waals surface area contributed by atoms with E-state index in [1.807, 2.05) is 47.0 Å². The Morgan fingerprint density at radius 3 is 2.60 bits per heavy atom. The lowest BCUT2D eigenvalue weighted by molar-refractivity contribution is 1.06. The van der Waals surface area contributed by atoms with Crippen LogP contribution in [0.3, 0.4) is 0 Å². The van der Waals surface area contributed by atoms with Crippen molar-refractivity contribution in [2.45, 2.75) is 0 Å². The minimum Gasteiger partial charge on any atom is -0.338 e. The number of para-hydroxylation sites is 2. The minimum absolute atomic E-state index is 0.862. The van der Waals surface area contributed by atoms with E-state index in [0.29, 0.717) is 0 Å². The molecular formula is C15H11N5. The van der Waals surface area contributed by atoms with E-state index in [9.17, 15) is 0 Å². The van der Waals surface area contributed by atoms with E-state index < -0.39 is 0 Å². The Kier molecular flexibility index (Phi) is 2.35. The molecule has 0 unspecified atom stereocenters. The molecule has 2 aromatic carbocycles. The second-order valence-electron chi connectivity index (χ2n) is 4.52. The highest BCUT2D eigenvalue weighted by Crippen LogP contribution is 2.22. The van der Waals surface area contributed by atoms with Gasteiger partial charge in [0.1, 0.15) is 18.5 Å². The first-order valence-corrected chi connectivity index (χ1v) is 6.30. The first kappa shape index (κ1) is 10.9. The molecule has 0 spiro atoms. The van der Waals surface area contributed by atoms with Crippen molar-refractivity contribution < 1.29 is 0 Å². The average molecular weight is 261 g/mol. The van der Waals surface area contributed by atoms with Gasteiger partial charge in [0.2, 0.25) is 0 Å². The fraction of sp³-hybridized carbons (Fsp3) is 0. The van der Waals surface area contributed by atoms with Gasteiger partial charge < -0.3 is 4.98 Å². The van der Waals surface area contributed by atoms with Gasteiger partial charge >= 0.3 is 0 Å². The van der Waals surface area contributed by atoms with Crippen LogP contribution >= 0.6 is 0 Å². The summed E-state index contributed by atoms with van der Waals surface area (Å²) in [4.78, 5) is 7.94. The topological polar surface area (TPSA) is 59.4 Å². The summed E-state index contributed by atoms with van der Waals surface area (Å²) in [6, 6.07) is 16.1. The van der Waals surface area contributed by atoms with E-state index in [2.05, 4.69) is 26.2 Å². The van der Waals surface area contributed by atoms with E-state index in [1.165, 1.54) is 0 Å². The highest BCUT2D eigenvalue weighted by Gasteiger charge is 2.06. The number of imidazole rings is 1. The maximum Gasteiger partial charge on any atom is 0.138 e. The van der Waals surface area contributed by atoms with Crippen LogP contribution in [0.5, 0.6) is 0 Å². The van der Waals surface area contributed by atoms with Crippen LogP contribution in [0.4, 0.5) is 0 Å². The molecule has 2 aromatic heterocycles. The second kappa shape index (κ2) is 4.31. The summed E-state index contributed by atoms with van der Waals surface area (Å²) in [7, 11) is 0. The number of aromatic amines is 1. The van der Waals surface area contributed by atoms with Gasteiger partial charge in [0.05, 0.1) is 11.0 Å². The summed E-state index contributed by atoms with van der Waals surface area (Å²) < 4.78 is 1.87. The molecule has 5 nitrogen and oxygen atoms in total. The molecule has 0 aliphatic heterocycles. The number of benzene rings is 2. The van der Waals surface area contributed by atoms with E-state index in [4.69, 9.17) is 0 Å². The summed E-state index contributed by atoms with van der Waals surface area (Å²) >= 11 is 0. The van der Waals surface area contributed by atoms with Crippen molar-refractivity contribution in [3.05, 3.63) is 61.2 Å². The molecule has 4 rings (SSSR count). The lowest BCUT2D eigenvalue weighted by Crippen LogP contribution is -1.90. The minimum atomic E-state index is 0.862. The molecule has 0 aliphatic carbocycles. The number of hydrogen-bond donors (Lipinski definition) is 1. The smallest absolute Gasteiger partial charge is 0.138 e. The van der Waals surface area contributed by atoms with Crippen LogP contribution in [0.15, 0.2) is 61.2 Å². The first-order chi connectivity index (χ1) is 9.90. The molecule has 0 aliphatic rings. The van der Waals surface area contributed by atoms with Crippen LogP contribution < -0.4 is 0 Å². The summed E-state index contributed by atoms with van der Waals surface area (Å²) in [6.45, 7) is 0. The quantitative estimate of drug-likeness (QED) is 0.603. The average Bonchev–Trinajstić information content (AvgIpc) is 3.16. The molecule has 0 atom stereocenters. The van der Waals surface area contributed by atoms with Crippen LogP contribution in [0.25, 0.3) is 28.1 Å². The fourth-order valence-electron chi connectivity index (χ4n) is 2.24. The number of nitrogens with zero attached hydrogens (tertiary/aromatic N) is 4. The number of fused-ring (bicyclic) bond motifs is 1. The largest absolute Gasteiger partial charge is 0.338 e. The molecule has 0 amide bonds. The Balaban J connectivity index is 1.84. The van der Waals surface area contributed by atoms with Crippen LogP contribution in [0, 0.1) is 0 Å². The van der Waals surface area contributed by atoms with Crippen LogP contribution in [-0.2, 0) is 0 Å². The molecule has 5 heteroatoms. The lowest BCUT2D eigenvalue weighted by Gasteiger charge is -2.03. The first-order valence-electron chi connectivity index (χ1n) is 6.30. The molecule has 1 N–H and O–H groups in total. The Morgan fingerprint density at radius 2 is 1.75 bits per heavy atom. The monoisotopic (exact) mass is 261 g/mol. The van der Waals surface area contributed by atoms with Crippen molar-refractivity contribution in [3.63, 3.8) is 0 Å². The van der Waals surface area contributed by atoms with Crippen molar-refractivity contribution in [1.29, 1.82) is 0 Å². The van der Waals surface area contributed by atoms with Crippen LogP contribution in [-0.4, -0.2) is 24.7 Å². The second-order valence-corrected chi connectivity index (χ2v) is 4.52. The zero-order valence-electron chi connectivity index (χ0n) is 10.6. The third kappa shape index (κ3) is 1.76. The molecule has 4 aromatic rings. The Bertz CT molecular complexity index is 828. The number of rotatable bonds is 2. The fourth-order valence-corrected chi connectivity index (χ4v) is 2.24. The van der Waals surface area contributed by atoms with Gasteiger partial charge in [0.15, 0.2) is 0 Å². The maximum absolute atomic E-state index is 4.61. The van der Waals surface area contributed by atoms with Gasteiger partial charge in [-0.15, -0.1) is 10.2 Å². The lowest BCUT2D eigenvalue weighted by atomic mass is 10.2. The maximum atomic E-state index is 4.61. The zero-order chi connectivity index (χ0) is 13.4. The molecule has 20 heavy (non-hydrogen) atoms. The van der Waals surface area contributed by atoms with Gasteiger partial charge in [-0.25, -0.2) is 4.98 Å². The highest BCUT2D eigenvalue weighted by molar-refractivity contribution is 5.79. The van der Waals surface area contributed by atoms with E-state index >= 15 is 0 Å². The standard InChI is InChI=1S/C15H11N5/c1-2-7-14-13(6-1)18-15(19-14)11-4-3-5-12(8-11)20-9-16-17-10-20/h1-10H,(H,18,19). The normalized spacial score (nSPS) is 11.0. The summed E-state index contributed by atoms with van der Waals surface area (Å²) in [5, 5.41) is 7.65. The molecule has 0 radical (unpaired) electrons. The van der Waals surface area contributed by atoms with Gasteiger partial charge in [-0.3, -0.25) is 4.57 Å². The molecule has 2 heterocycles. The Morgan fingerprint density at radius 1 is 0.900 bits per heavy atom. The van der Waals surface area contributed by atoms with Gasteiger partial charge in [-0.1, -0.05) is 24.3 Å². The third-order valence-corrected chi connectivity index (χ3v) is 3.23. The summed E-state index contributed by atoms with van der Waals surface area (Å²) in [6.07, 6.45) is 3.36. The predicted octanol–water partition coefficient (Wildman–Crippen LogP) is 2.81. The van der Waals surface area contributed by atoms with Crippen molar-refractivity contribution >= 4 is 11.0 Å². The molecule has 96 valence electrons. The molecule has 0 saturated heterocycles. The van der Waals surface area contributed by atoms with Gasteiger partial charge in [-0.2, -0.15) is 0 Å². The van der Waals surface area contributed by atoms with Crippen molar-refractivity contribution in [3.8, 4) is 17.1 Å². The number of nitrogens with one attached hydrogen (secondary N) is 1. The summed E-state index contributed by atoms with van der Waals surface area (Å²) in [5.74, 6) is 0.862. The number of H-pyrrole nitrogens is 1. The molecular weight excluding hydrogens is 250 g/mol. The molecule has 0 bridgehead atoms. The zero-order valence-corrected chi connectivity index (χ0v) is 10.6. The molecule has 0 saturated carbocycles. The summed E-state index contributed by atoms with van der Waals surface area (Å²) in [5.41, 5.74) is 4.05. The van der Waals surface area contributed by atoms with Gasteiger partial charge in [-0.05, 0) is 24.3 Å². The Hall–Kier alpha value is -2.95. The Labute approximate surface area is 114 Å². The molecule has 0 fully saturated rings. The van der Waals surface area contributed by atoms with Crippen molar-refractivity contribution in [1.82, 2.24) is 24.7 Å². The number of hydrogen-bond acceptors (Lipinski definition) is 3. The van der Waals surface area contributed by atoms with Gasteiger partial charge in [0.25, 0.3) is 0 Å².